The summed E-state index contributed by atoms with van der Waals surface area (Å²) in [4.78, 5) is 31.0. The molecule has 2 fully saturated rings. The zero-order valence-electron chi connectivity index (χ0n) is 45.4. The molecule has 22 heteroatoms. The van der Waals surface area contributed by atoms with Crippen molar-refractivity contribution in [3.8, 4) is 0 Å². The van der Waals surface area contributed by atoms with E-state index in [9.17, 15) is 9.59 Å². The van der Waals surface area contributed by atoms with E-state index in [1.807, 2.05) is 24.3 Å². The lowest BCUT2D eigenvalue weighted by atomic mass is 10.2. The van der Waals surface area contributed by atoms with Crippen LogP contribution >= 0.6 is 0 Å². The van der Waals surface area contributed by atoms with Crippen molar-refractivity contribution in [1.82, 2.24) is 0 Å². The molecule has 0 aliphatic carbocycles. The fraction of sp³-hybridized carbons (Fsp3) is 0.689. The highest BCUT2D eigenvalue weighted by Gasteiger charge is 2.57. The van der Waals surface area contributed by atoms with Gasteiger partial charge in [0.2, 0.25) is 11.8 Å². The summed E-state index contributed by atoms with van der Waals surface area (Å²) >= 11 is 0. The molecule has 0 bridgehead atoms. The minimum atomic E-state index is -2.70. The Labute approximate surface area is 417 Å². The topological polar surface area (TPSA) is 114 Å². The van der Waals surface area contributed by atoms with Gasteiger partial charge in [-0.15, -0.1) is 0 Å². The number of benzene rings is 2. The molecule has 2 aromatic rings. The van der Waals surface area contributed by atoms with Crippen molar-refractivity contribution >= 4 is 118 Å². The Hall–Kier alpha value is -0.771. The fourth-order valence-corrected chi connectivity index (χ4v) is 62.7. The number of hydrogen-bond acceptors (Lipinski definition) is 10. The highest BCUT2D eigenvalue weighted by molar-refractivity contribution is 6.97. The van der Waals surface area contributed by atoms with Crippen LogP contribution in [0.3, 0.4) is 0 Å². The summed E-state index contributed by atoms with van der Waals surface area (Å²) in [7, 11) is -21.0. The third-order valence-electron chi connectivity index (χ3n) is 14.8. The summed E-state index contributed by atoms with van der Waals surface area (Å²) in [5.41, 5.74) is 1.58. The molecule has 2 aromatic carbocycles. The molecule has 0 aromatic heterocycles. The van der Waals surface area contributed by atoms with Crippen molar-refractivity contribution in [2.75, 3.05) is 23.9 Å². The predicted octanol–water partition coefficient (Wildman–Crippen LogP) is 11.4. The maximum absolute atomic E-state index is 13.9. The molecule has 2 aliphatic rings. The molecule has 12 nitrogen and oxygen atoms in total. The van der Waals surface area contributed by atoms with Gasteiger partial charge in [0.05, 0.1) is 16.1 Å². The molecule has 380 valence electrons. The van der Waals surface area contributed by atoms with Crippen LogP contribution in [0.4, 0.5) is 11.4 Å². The van der Waals surface area contributed by atoms with Crippen LogP contribution in [0.1, 0.15) is 48.0 Å². The number of nitrogens with zero attached hydrogens (tertiary/aromatic N) is 2. The smallest absolute Gasteiger partial charge is 0.317 e. The quantitative estimate of drug-likeness (QED) is 0.106. The number of rotatable bonds is 18. The Kier molecular flexibility index (Phi) is 19.4. The zero-order chi connectivity index (χ0) is 50.7. The van der Waals surface area contributed by atoms with Gasteiger partial charge in [-0.2, -0.15) is 0 Å². The average Bonchev–Trinajstić information content (AvgIpc) is 3.26. The van der Waals surface area contributed by atoms with Gasteiger partial charge < -0.3 is 42.7 Å². The number of amides is 2. The molecule has 0 N–H and O–H groups in total. The van der Waals surface area contributed by atoms with E-state index in [1.54, 1.807) is 23.9 Å². The Bertz CT molecular complexity index is 1860. The van der Waals surface area contributed by atoms with Gasteiger partial charge in [0, 0.05) is 25.5 Å². The Morgan fingerprint density at radius 3 is 0.910 bits per heavy atom. The molecule has 4 unspecified atom stereocenters. The van der Waals surface area contributed by atoms with Gasteiger partial charge in [-0.05, 0) is 125 Å². The van der Waals surface area contributed by atoms with Gasteiger partial charge in [0.1, 0.15) is 6.42 Å². The van der Waals surface area contributed by atoms with Crippen LogP contribution in [0, 0.1) is 0 Å². The average molecular weight is 1100 g/mol. The number of carbonyl (C=O) groups excluding carboxylic acids is 2. The summed E-state index contributed by atoms with van der Waals surface area (Å²) in [6, 6.07) is 25.5. The van der Waals surface area contributed by atoms with Gasteiger partial charge in [0.25, 0.3) is 0 Å². The Balaban J connectivity index is 1.45. The summed E-state index contributed by atoms with van der Waals surface area (Å²) < 4.78 is 56.4. The van der Waals surface area contributed by atoms with Gasteiger partial charge in [-0.3, -0.25) is 9.59 Å². The highest BCUT2D eigenvalue weighted by atomic mass is 28.5. The number of carbonyl (C=O) groups is 2. The number of hydrogen-bond donors (Lipinski definition) is 0. The van der Waals surface area contributed by atoms with E-state index < -0.39 is 84.6 Å². The molecule has 2 heterocycles. The molecule has 2 aliphatic heterocycles. The molecule has 0 radical (unpaired) electrons. The standard InChI is InChI=1S/C45H90N2O10Si10/c1-21-60(13)50-62(15,23-3)54-66(19,55-63(16,24-4)51-60)35-33-58(9,10)42-31-27-29-40(37-42)46(7)44(48)39-45(49)47(8)41-30-28-32-43(38-41)59(11,12)34-36-67(20)56-64(17,25-5)52-61(14,22-2)53-65(18,26-6)57-67/h27-32,37-38H,21-26,33-36,39H2,1-20H3. The van der Waals surface area contributed by atoms with Crippen molar-refractivity contribution in [2.45, 2.75) is 187 Å². The van der Waals surface area contributed by atoms with Crippen LogP contribution < -0.4 is 20.2 Å². The largest absolute Gasteiger partial charge is 0.416 e. The Morgan fingerprint density at radius 1 is 0.433 bits per heavy atom. The van der Waals surface area contributed by atoms with E-state index in [2.05, 4.69) is 144 Å². The second kappa shape index (κ2) is 22.1. The van der Waals surface area contributed by atoms with Crippen LogP contribution in [-0.4, -0.2) is 111 Å². The minimum Gasteiger partial charge on any atom is -0.416 e. The molecule has 2 amide bonds. The van der Waals surface area contributed by atoms with Crippen LogP contribution in [-0.2, 0) is 42.5 Å². The second-order valence-electron chi connectivity index (χ2n) is 22.0. The lowest BCUT2D eigenvalue weighted by Crippen LogP contribution is -2.67. The maximum atomic E-state index is 13.9. The first-order valence-electron chi connectivity index (χ1n) is 25.1. The normalized spacial score (nSPS) is 33.3. The predicted molar refractivity (Wildman–Crippen MR) is 302 cm³/mol. The van der Waals surface area contributed by atoms with E-state index in [-0.39, 0.29) is 18.2 Å². The SMILES string of the molecule is CC[Si]1(C)O[Si](C)(CC)O[Si](C)(CC[Si](C)(C)c2cccc(N(C)C(=O)CC(=O)N(C)c3cccc([Si](C)(C)CC[Si]4(C)O[Si](C)(CC)O[Si](C)(CC)O[Si](C)(CC)O4)c3)c2)O[Si](C)(CC)O1. The van der Waals surface area contributed by atoms with E-state index >= 15 is 0 Å². The third-order valence-corrected chi connectivity index (χ3v) is 60.2. The van der Waals surface area contributed by atoms with Crippen molar-refractivity contribution in [3.63, 3.8) is 0 Å². The van der Waals surface area contributed by atoms with Crippen molar-refractivity contribution in [2.24, 2.45) is 0 Å². The van der Waals surface area contributed by atoms with E-state index in [0.29, 0.717) is 0 Å². The number of anilines is 2. The molecular formula is C45H90N2O10Si10. The van der Waals surface area contributed by atoms with Crippen molar-refractivity contribution in [3.05, 3.63) is 48.5 Å². The lowest BCUT2D eigenvalue weighted by Gasteiger charge is -2.50. The monoisotopic (exact) mass is 1100 g/mol. The van der Waals surface area contributed by atoms with E-state index in [0.717, 1.165) is 71.8 Å². The fourth-order valence-electron chi connectivity index (χ4n) is 9.18. The summed E-state index contributed by atoms with van der Waals surface area (Å²) in [6.45, 7) is 40.1. The van der Waals surface area contributed by atoms with Gasteiger partial charge in [0.15, 0.2) is 0 Å². The van der Waals surface area contributed by atoms with Crippen LogP contribution in [0.5, 0.6) is 0 Å². The van der Waals surface area contributed by atoms with E-state index in [1.165, 1.54) is 10.4 Å². The third kappa shape index (κ3) is 15.1. The van der Waals surface area contributed by atoms with Gasteiger partial charge in [-0.25, -0.2) is 0 Å². The molecule has 0 saturated carbocycles. The van der Waals surface area contributed by atoms with Crippen LogP contribution in [0.15, 0.2) is 48.5 Å². The van der Waals surface area contributed by atoms with E-state index in [4.69, 9.17) is 32.9 Å². The summed E-state index contributed by atoms with van der Waals surface area (Å²) in [5.74, 6) is -0.494. The summed E-state index contributed by atoms with van der Waals surface area (Å²) in [5, 5.41) is 2.50. The maximum Gasteiger partial charge on any atom is 0.317 e. The highest BCUT2D eigenvalue weighted by Crippen LogP contribution is 2.40. The second-order valence-corrected chi connectivity index (χ2v) is 61.6. The summed E-state index contributed by atoms with van der Waals surface area (Å²) in [6.07, 6.45) is -0.241. The molecular weight excluding hydrogens is 1010 g/mol. The molecule has 2 saturated heterocycles. The lowest BCUT2D eigenvalue weighted by molar-refractivity contribution is -0.126. The van der Waals surface area contributed by atoms with Gasteiger partial charge in [-0.1, -0.05) is 114 Å². The first-order chi connectivity index (χ1) is 30.7. The zero-order valence-corrected chi connectivity index (χ0v) is 55.4. The first kappa shape index (κ1) is 58.8. The van der Waals surface area contributed by atoms with Crippen molar-refractivity contribution < 1.29 is 42.5 Å². The first-order valence-corrected chi connectivity index (χ1v) is 51.7. The molecule has 4 atom stereocenters. The van der Waals surface area contributed by atoms with Crippen LogP contribution in [0.25, 0.3) is 0 Å². The minimum absolute atomic E-state index is 0.241. The van der Waals surface area contributed by atoms with Crippen molar-refractivity contribution in [1.29, 1.82) is 0 Å². The van der Waals surface area contributed by atoms with Crippen LogP contribution in [0.2, 0.25) is 139 Å². The molecule has 0 spiro atoms. The molecule has 4 rings (SSSR count). The Morgan fingerprint density at radius 2 is 0.672 bits per heavy atom. The molecule has 67 heavy (non-hydrogen) atoms. The van der Waals surface area contributed by atoms with Gasteiger partial charge >= 0.3 is 68.5 Å².